The van der Waals surface area contributed by atoms with Gasteiger partial charge in [0.2, 0.25) is 0 Å². The fourth-order valence-corrected chi connectivity index (χ4v) is 2.00. The van der Waals surface area contributed by atoms with E-state index in [0.29, 0.717) is 6.42 Å². The Morgan fingerprint density at radius 2 is 2.00 bits per heavy atom. The van der Waals surface area contributed by atoms with Crippen molar-refractivity contribution in [2.45, 2.75) is 51.4 Å². The van der Waals surface area contributed by atoms with Crippen LogP contribution in [0.2, 0.25) is 18.1 Å². The van der Waals surface area contributed by atoms with E-state index >= 15 is 0 Å². The van der Waals surface area contributed by atoms with Gasteiger partial charge in [-0.1, -0.05) is 26.7 Å². The van der Waals surface area contributed by atoms with Crippen LogP contribution in [0.5, 0.6) is 0 Å². The number of hydrogen-bond donors (Lipinski definition) is 0. The molecule has 3 heteroatoms. The third-order valence-corrected chi connectivity index (χ3v) is 7.23. The van der Waals surface area contributed by atoms with E-state index in [2.05, 4.69) is 39.8 Å². The highest BCUT2D eigenvalue weighted by Gasteiger charge is 2.38. The lowest BCUT2D eigenvalue weighted by atomic mass is 10.2. The number of carbonyl (C=O) groups is 1. The van der Waals surface area contributed by atoms with Crippen molar-refractivity contribution in [3.63, 3.8) is 0 Å². The molecule has 14 heavy (non-hydrogen) atoms. The maximum Gasteiger partial charge on any atom is 0.193 e. The van der Waals surface area contributed by atoms with Crippen molar-refractivity contribution >= 4 is 14.6 Å². The standard InChI is InChI=1S/C11H20O2Si/c1-7-10(8-9-12)13-14(5,6)11(2,3)4/h1,9-10H,8H2,2-6H3/t10-/m1/s1. The summed E-state index contributed by atoms with van der Waals surface area (Å²) in [5, 5.41) is 0.130. The lowest BCUT2D eigenvalue weighted by molar-refractivity contribution is -0.108. The second-order valence-electron chi connectivity index (χ2n) is 4.94. The molecule has 0 aliphatic carbocycles. The molecule has 0 aromatic heterocycles. The van der Waals surface area contributed by atoms with Crippen LogP contribution in [0.25, 0.3) is 0 Å². The normalized spacial score (nSPS) is 14.6. The predicted molar refractivity (Wildman–Crippen MR) is 61.6 cm³/mol. The largest absolute Gasteiger partial charge is 0.403 e. The molecule has 0 spiro atoms. The highest BCUT2D eigenvalue weighted by Crippen LogP contribution is 2.37. The van der Waals surface area contributed by atoms with Crippen LogP contribution >= 0.6 is 0 Å². The Balaban J connectivity index is 4.49. The van der Waals surface area contributed by atoms with Crippen LogP contribution in [0.3, 0.4) is 0 Å². The van der Waals surface area contributed by atoms with Crippen LogP contribution < -0.4 is 0 Å². The van der Waals surface area contributed by atoms with E-state index in [9.17, 15) is 4.79 Å². The van der Waals surface area contributed by atoms with E-state index in [0.717, 1.165) is 6.29 Å². The van der Waals surface area contributed by atoms with E-state index in [-0.39, 0.29) is 11.1 Å². The summed E-state index contributed by atoms with van der Waals surface area (Å²) in [6.07, 6.45) is 6.06. The zero-order valence-electron chi connectivity index (χ0n) is 9.76. The molecular formula is C11H20O2Si. The van der Waals surface area contributed by atoms with Gasteiger partial charge < -0.3 is 9.22 Å². The topological polar surface area (TPSA) is 26.3 Å². The van der Waals surface area contributed by atoms with Gasteiger partial charge in [-0.05, 0) is 18.1 Å². The number of carbonyl (C=O) groups excluding carboxylic acids is 1. The molecule has 0 N–H and O–H groups in total. The average Bonchev–Trinajstić information content (AvgIpc) is 2.01. The summed E-state index contributed by atoms with van der Waals surface area (Å²) in [6.45, 7) is 10.7. The highest BCUT2D eigenvalue weighted by atomic mass is 28.4. The van der Waals surface area contributed by atoms with Gasteiger partial charge in [0.15, 0.2) is 8.32 Å². The summed E-state index contributed by atoms with van der Waals surface area (Å²) >= 11 is 0. The molecule has 1 atom stereocenters. The lowest BCUT2D eigenvalue weighted by Gasteiger charge is -2.37. The summed E-state index contributed by atoms with van der Waals surface area (Å²) in [7, 11) is -1.83. The molecular weight excluding hydrogens is 192 g/mol. The van der Waals surface area contributed by atoms with Crippen LogP contribution in [0, 0.1) is 12.3 Å². The van der Waals surface area contributed by atoms with Crippen LogP contribution in [0.1, 0.15) is 27.2 Å². The molecule has 0 saturated heterocycles. The molecule has 0 aliphatic heterocycles. The first-order valence-electron chi connectivity index (χ1n) is 4.82. The van der Waals surface area contributed by atoms with E-state index in [1.165, 1.54) is 0 Å². The van der Waals surface area contributed by atoms with Gasteiger partial charge in [0.25, 0.3) is 0 Å². The molecule has 0 heterocycles. The molecule has 2 nitrogen and oxygen atoms in total. The minimum atomic E-state index is -1.83. The Kier molecular flexibility index (Phi) is 4.56. The SMILES string of the molecule is C#C[C@H](CC=O)O[Si](C)(C)C(C)(C)C. The zero-order chi connectivity index (χ0) is 11.4. The number of rotatable bonds is 4. The van der Waals surface area contributed by atoms with Gasteiger partial charge in [0.05, 0.1) is 0 Å². The first-order valence-corrected chi connectivity index (χ1v) is 7.73. The molecule has 0 fully saturated rings. The fraction of sp³-hybridized carbons (Fsp3) is 0.727. The van der Waals surface area contributed by atoms with E-state index < -0.39 is 8.32 Å². The zero-order valence-corrected chi connectivity index (χ0v) is 10.8. The van der Waals surface area contributed by atoms with Crippen LogP contribution in [0.4, 0.5) is 0 Å². The Bertz CT molecular complexity index is 233. The van der Waals surface area contributed by atoms with Gasteiger partial charge >= 0.3 is 0 Å². The molecule has 0 rings (SSSR count). The molecule has 0 unspecified atom stereocenters. The van der Waals surface area contributed by atoms with Crippen molar-refractivity contribution in [2.75, 3.05) is 0 Å². The van der Waals surface area contributed by atoms with Crippen molar-refractivity contribution in [3.05, 3.63) is 0 Å². The van der Waals surface area contributed by atoms with Crippen LogP contribution in [-0.4, -0.2) is 20.7 Å². The summed E-state index contributed by atoms with van der Waals surface area (Å²) < 4.78 is 5.86. The monoisotopic (exact) mass is 212 g/mol. The van der Waals surface area contributed by atoms with E-state index in [1.54, 1.807) is 0 Å². The molecule has 0 aliphatic rings. The Hall–Kier alpha value is -0.593. The van der Waals surface area contributed by atoms with E-state index in [4.69, 9.17) is 10.8 Å². The lowest BCUT2D eigenvalue weighted by Crippen LogP contribution is -2.43. The second kappa shape index (κ2) is 4.76. The summed E-state index contributed by atoms with van der Waals surface area (Å²) in [6, 6.07) is 0. The highest BCUT2D eigenvalue weighted by molar-refractivity contribution is 6.74. The number of aldehydes is 1. The maximum absolute atomic E-state index is 10.3. The Morgan fingerprint density at radius 1 is 1.50 bits per heavy atom. The third kappa shape index (κ3) is 3.65. The second-order valence-corrected chi connectivity index (χ2v) is 9.69. The Morgan fingerprint density at radius 3 is 2.29 bits per heavy atom. The van der Waals surface area contributed by atoms with Gasteiger partial charge in [-0.25, -0.2) is 0 Å². The van der Waals surface area contributed by atoms with Crippen molar-refractivity contribution in [2.24, 2.45) is 0 Å². The maximum atomic E-state index is 10.3. The Labute approximate surface area is 88.2 Å². The molecule has 80 valence electrons. The average molecular weight is 212 g/mol. The molecule has 0 saturated carbocycles. The minimum absolute atomic E-state index is 0.130. The smallest absolute Gasteiger partial charge is 0.193 e. The molecule has 0 radical (unpaired) electrons. The van der Waals surface area contributed by atoms with Crippen molar-refractivity contribution in [3.8, 4) is 12.3 Å². The summed E-state index contributed by atoms with van der Waals surface area (Å²) in [5.41, 5.74) is 0. The molecule has 0 aromatic carbocycles. The van der Waals surface area contributed by atoms with Crippen molar-refractivity contribution < 1.29 is 9.22 Å². The quantitative estimate of drug-likeness (QED) is 0.407. The summed E-state index contributed by atoms with van der Waals surface area (Å²) in [5.74, 6) is 2.51. The van der Waals surface area contributed by atoms with Gasteiger partial charge in [0, 0.05) is 6.42 Å². The number of hydrogen-bond acceptors (Lipinski definition) is 2. The first kappa shape index (κ1) is 13.4. The molecule has 0 amide bonds. The van der Waals surface area contributed by atoms with Gasteiger partial charge in [-0.3, -0.25) is 0 Å². The predicted octanol–water partition coefficient (Wildman–Crippen LogP) is 2.60. The van der Waals surface area contributed by atoms with Crippen molar-refractivity contribution in [1.29, 1.82) is 0 Å². The van der Waals surface area contributed by atoms with Crippen LogP contribution in [-0.2, 0) is 9.22 Å². The summed E-state index contributed by atoms with van der Waals surface area (Å²) in [4.78, 5) is 10.3. The van der Waals surface area contributed by atoms with Gasteiger partial charge in [0.1, 0.15) is 12.4 Å². The van der Waals surface area contributed by atoms with Crippen molar-refractivity contribution in [1.82, 2.24) is 0 Å². The van der Waals surface area contributed by atoms with Crippen LogP contribution in [0.15, 0.2) is 0 Å². The number of terminal acetylenes is 1. The first-order chi connectivity index (χ1) is 6.24. The molecule has 0 aromatic rings. The fourth-order valence-electron chi connectivity index (χ4n) is 0.770. The third-order valence-electron chi connectivity index (χ3n) is 2.74. The van der Waals surface area contributed by atoms with Gasteiger partial charge in [-0.2, -0.15) is 0 Å². The van der Waals surface area contributed by atoms with Gasteiger partial charge in [-0.15, -0.1) is 6.42 Å². The molecule has 0 bridgehead atoms. The minimum Gasteiger partial charge on any atom is -0.403 e. The van der Waals surface area contributed by atoms with E-state index in [1.807, 2.05) is 0 Å².